The van der Waals surface area contributed by atoms with Crippen LogP contribution in [0.4, 0.5) is 4.79 Å². The van der Waals surface area contributed by atoms with E-state index in [1.54, 1.807) is 19.8 Å². The minimum absolute atomic E-state index is 0.119. The lowest BCUT2D eigenvalue weighted by atomic mass is 9.47. The standard InChI is InChI=1S/C56H77NO6/c1-38(2)13-11-14-39(3)48-28-29-49-47-27-22-43-37-46(30-33-54(43,4)50(47)31-34-55(48,49)5)63-53(59)57-35-12-17-51(57)52(58)32-36-62-56(40-15-9-8-10-16-40,41-18-23-44(60-6)24-19-41)42-20-25-45(61-7)26-21-42/h8-10,15-16,18-26,38-39,46-52,58H,11-14,17,27-37H2,1-7H3/t39-,46+,47+,48-,49+,50+,51?,52?,54+,55-/m1/s1. The molecule has 1 saturated heterocycles. The van der Waals surface area contributed by atoms with Crippen molar-refractivity contribution < 1.29 is 28.8 Å². The third-order valence-corrected chi connectivity index (χ3v) is 17.4. The molecule has 342 valence electrons. The molecular weight excluding hydrogens is 783 g/mol. The number of carbonyl (C=O) groups is 1. The van der Waals surface area contributed by atoms with Crippen LogP contribution < -0.4 is 9.47 Å². The maximum absolute atomic E-state index is 14.1. The zero-order chi connectivity index (χ0) is 44.4. The molecule has 8 rings (SSSR count). The summed E-state index contributed by atoms with van der Waals surface area (Å²) in [5.74, 6) is 6.37. The number of rotatable bonds is 16. The fourth-order valence-electron chi connectivity index (χ4n) is 14.0. The summed E-state index contributed by atoms with van der Waals surface area (Å²) in [6.07, 6.45) is 17.1. The van der Waals surface area contributed by atoms with Gasteiger partial charge in [-0.3, -0.25) is 0 Å². The summed E-state index contributed by atoms with van der Waals surface area (Å²) in [6.45, 7) is 13.4. The van der Waals surface area contributed by atoms with Crippen LogP contribution in [-0.4, -0.2) is 61.7 Å². The summed E-state index contributed by atoms with van der Waals surface area (Å²) < 4.78 is 24.5. The van der Waals surface area contributed by atoms with E-state index in [1.165, 1.54) is 51.4 Å². The van der Waals surface area contributed by atoms with Gasteiger partial charge in [0, 0.05) is 13.0 Å². The Morgan fingerprint density at radius 1 is 0.794 bits per heavy atom. The Bertz CT molecular complexity index is 1950. The van der Waals surface area contributed by atoms with Crippen LogP contribution in [0.2, 0.25) is 0 Å². The molecule has 7 nitrogen and oxygen atoms in total. The maximum atomic E-state index is 14.1. The van der Waals surface area contributed by atoms with Crippen molar-refractivity contribution in [3.05, 3.63) is 107 Å². The minimum atomic E-state index is -0.973. The highest BCUT2D eigenvalue weighted by Crippen LogP contribution is 2.67. The number of aliphatic hydroxyl groups is 1. The molecule has 0 spiro atoms. The minimum Gasteiger partial charge on any atom is -0.497 e. The zero-order valence-electron chi connectivity index (χ0n) is 39.5. The summed E-state index contributed by atoms with van der Waals surface area (Å²) >= 11 is 0. The largest absolute Gasteiger partial charge is 0.497 e. The van der Waals surface area contributed by atoms with Crippen LogP contribution in [0.5, 0.6) is 11.5 Å². The quantitative estimate of drug-likeness (QED) is 0.114. The molecule has 0 radical (unpaired) electrons. The summed E-state index contributed by atoms with van der Waals surface area (Å²) in [5.41, 5.74) is 4.11. The number of likely N-dealkylation sites (tertiary alicyclic amines) is 1. The van der Waals surface area contributed by atoms with Gasteiger partial charge in [0.1, 0.15) is 23.2 Å². The molecule has 1 heterocycles. The van der Waals surface area contributed by atoms with Gasteiger partial charge in [-0.25, -0.2) is 4.79 Å². The molecule has 63 heavy (non-hydrogen) atoms. The van der Waals surface area contributed by atoms with Gasteiger partial charge in [0.25, 0.3) is 0 Å². The number of ether oxygens (including phenoxy) is 4. The van der Waals surface area contributed by atoms with Gasteiger partial charge in [-0.2, -0.15) is 0 Å². The first-order valence-electron chi connectivity index (χ1n) is 24.7. The Kier molecular flexibility index (Phi) is 14.0. The molecule has 1 N–H and O–H groups in total. The number of nitrogens with zero attached hydrogens (tertiary/aromatic N) is 1. The molecule has 2 unspecified atom stereocenters. The van der Waals surface area contributed by atoms with Crippen molar-refractivity contribution in [2.24, 2.45) is 46.3 Å². The van der Waals surface area contributed by atoms with Gasteiger partial charge < -0.3 is 29.0 Å². The summed E-state index contributed by atoms with van der Waals surface area (Å²) in [6, 6.07) is 25.9. The van der Waals surface area contributed by atoms with E-state index >= 15 is 0 Å². The first-order valence-corrected chi connectivity index (χ1v) is 24.7. The van der Waals surface area contributed by atoms with Crippen molar-refractivity contribution in [2.45, 2.75) is 148 Å². The predicted molar refractivity (Wildman–Crippen MR) is 252 cm³/mol. The van der Waals surface area contributed by atoms with Crippen molar-refractivity contribution in [3.8, 4) is 11.5 Å². The van der Waals surface area contributed by atoms with E-state index in [4.69, 9.17) is 18.9 Å². The van der Waals surface area contributed by atoms with Gasteiger partial charge in [0.05, 0.1) is 33.0 Å². The maximum Gasteiger partial charge on any atom is 0.410 e. The number of aliphatic hydroxyl groups excluding tert-OH is 1. The molecule has 4 fully saturated rings. The summed E-state index contributed by atoms with van der Waals surface area (Å²) in [7, 11) is 3.33. The molecule has 4 aliphatic carbocycles. The van der Waals surface area contributed by atoms with Crippen LogP contribution >= 0.6 is 0 Å². The van der Waals surface area contributed by atoms with Crippen LogP contribution in [0.25, 0.3) is 0 Å². The van der Waals surface area contributed by atoms with Crippen molar-refractivity contribution in [1.82, 2.24) is 4.90 Å². The Hall–Kier alpha value is -3.81. The first-order chi connectivity index (χ1) is 30.4. The molecule has 0 bridgehead atoms. The SMILES string of the molecule is COc1ccc(C(OCCC(O)C2CCCN2C(=O)O[C@H]2CC[C@@]3(C)C(=CC[C@H]4[C@@H]5CC[C@H]([C@H](C)CCCC(C)C)[C@@]5(C)CC[C@@H]43)C2)(c2ccccc2)c2ccc(OC)cc2)cc1. The van der Waals surface area contributed by atoms with Crippen molar-refractivity contribution in [1.29, 1.82) is 0 Å². The van der Waals surface area contributed by atoms with Crippen LogP contribution in [-0.2, 0) is 15.1 Å². The molecule has 3 aromatic rings. The monoisotopic (exact) mass is 860 g/mol. The average Bonchev–Trinajstić information content (AvgIpc) is 3.94. The second-order valence-electron chi connectivity index (χ2n) is 21.1. The fourth-order valence-corrected chi connectivity index (χ4v) is 14.0. The molecule has 5 aliphatic rings. The third-order valence-electron chi connectivity index (χ3n) is 17.4. The summed E-state index contributed by atoms with van der Waals surface area (Å²) in [4.78, 5) is 15.9. The highest BCUT2D eigenvalue weighted by atomic mass is 16.6. The molecule has 10 atom stereocenters. The summed E-state index contributed by atoms with van der Waals surface area (Å²) in [5, 5.41) is 11.8. The second kappa shape index (κ2) is 19.3. The number of carbonyl (C=O) groups excluding carboxylic acids is 1. The molecule has 3 aromatic carbocycles. The molecule has 1 aliphatic heterocycles. The Labute approximate surface area is 379 Å². The van der Waals surface area contributed by atoms with E-state index < -0.39 is 11.7 Å². The zero-order valence-corrected chi connectivity index (χ0v) is 39.5. The smallest absolute Gasteiger partial charge is 0.410 e. The third kappa shape index (κ3) is 8.96. The lowest BCUT2D eigenvalue weighted by molar-refractivity contribution is -0.0604. The van der Waals surface area contributed by atoms with Gasteiger partial charge in [-0.1, -0.05) is 120 Å². The fraction of sp³-hybridized carbons (Fsp3) is 0.625. The lowest BCUT2D eigenvalue weighted by Gasteiger charge is -2.58. The van der Waals surface area contributed by atoms with E-state index in [0.29, 0.717) is 18.4 Å². The lowest BCUT2D eigenvalue weighted by Crippen LogP contribution is -2.51. The average molecular weight is 860 g/mol. The van der Waals surface area contributed by atoms with E-state index in [-0.39, 0.29) is 30.3 Å². The topological polar surface area (TPSA) is 77.5 Å². The van der Waals surface area contributed by atoms with Gasteiger partial charge in [-0.15, -0.1) is 0 Å². The second-order valence-corrected chi connectivity index (χ2v) is 21.1. The Morgan fingerprint density at radius 2 is 1.46 bits per heavy atom. The van der Waals surface area contributed by atoms with Gasteiger partial charge >= 0.3 is 6.09 Å². The van der Waals surface area contributed by atoms with E-state index in [0.717, 1.165) is 95.8 Å². The van der Waals surface area contributed by atoms with Crippen LogP contribution in [0, 0.1) is 46.3 Å². The number of amides is 1. The number of methoxy groups -OCH3 is 2. The number of hydrogen-bond donors (Lipinski definition) is 1. The van der Waals surface area contributed by atoms with Crippen molar-refractivity contribution >= 4 is 6.09 Å². The highest BCUT2D eigenvalue weighted by Gasteiger charge is 2.59. The molecule has 7 heteroatoms. The van der Waals surface area contributed by atoms with Gasteiger partial charge in [0.15, 0.2) is 0 Å². The van der Waals surface area contributed by atoms with Crippen LogP contribution in [0.15, 0.2) is 90.5 Å². The molecule has 1 amide bonds. The highest BCUT2D eigenvalue weighted by molar-refractivity contribution is 5.69. The van der Waals surface area contributed by atoms with E-state index in [1.807, 2.05) is 71.6 Å². The van der Waals surface area contributed by atoms with Gasteiger partial charge in [0.2, 0.25) is 0 Å². The number of fused-ring (bicyclic) bond motifs is 5. The molecule has 0 aromatic heterocycles. The molecular formula is C56H77NO6. The Morgan fingerprint density at radius 3 is 2.11 bits per heavy atom. The van der Waals surface area contributed by atoms with Crippen LogP contribution in [0.1, 0.15) is 141 Å². The first kappa shape index (κ1) is 45.7. The van der Waals surface area contributed by atoms with Crippen LogP contribution in [0.3, 0.4) is 0 Å². The van der Waals surface area contributed by atoms with Crippen molar-refractivity contribution in [3.63, 3.8) is 0 Å². The number of hydrogen-bond acceptors (Lipinski definition) is 6. The number of allylic oxidation sites excluding steroid dienone is 1. The Balaban J connectivity index is 0.908. The van der Waals surface area contributed by atoms with Gasteiger partial charge in [-0.05, 0) is 152 Å². The number of benzene rings is 3. The van der Waals surface area contributed by atoms with E-state index in [9.17, 15) is 9.90 Å². The molecule has 3 saturated carbocycles. The predicted octanol–water partition coefficient (Wildman–Crippen LogP) is 12.8. The normalized spacial score (nSPS) is 30.2. The van der Waals surface area contributed by atoms with E-state index in [2.05, 4.69) is 52.8 Å². The van der Waals surface area contributed by atoms with Crippen molar-refractivity contribution in [2.75, 3.05) is 27.4 Å².